The van der Waals surface area contributed by atoms with E-state index < -0.39 is 45.4 Å². The molecule has 10 nitrogen and oxygen atoms in total. The highest BCUT2D eigenvalue weighted by molar-refractivity contribution is 6.75. The van der Waals surface area contributed by atoms with Crippen molar-refractivity contribution in [3.63, 3.8) is 0 Å². The van der Waals surface area contributed by atoms with E-state index in [4.69, 9.17) is 17.7 Å². The Morgan fingerprint density at radius 2 is 0.597 bits per heavy atom. The Balaban J connectivity index is 2.66. The molecule has 0 bridgehead atoms. The first-order valence-corrected chi connectivity index (χ1v) is 36.4. The number of nitrogens with one attached hydrogen (secondary N) is 2. The molecule has 0 aromatic rings. The standard InChI is InChI=1S/C48H104N4O6Si4/c1-45(2,3)59(13,14)55-37-25-33-51(34-26-38-56-60(15,16)46(4,5)6)31-23-21-29-41-43(53)50-42(44(54)49-41)30-22-24-32-52(35-27-39-57-61(17,18)47(7,8)9)36-28-40-58-62(19,20)48(10,11)12/h41-42H,21-40H2,1-20H3,(H,49,54)(H,50,53). The second kappa shape index (κ2) is 25.6. The quantitative estimate of drug-likeness (QED) is 0.0542. The molecule has 1 saturated heterocycles. The average Bonchev–Trinajstić information content (AvgIpc) is 3.11. The average molecular weight is 946 g/mol. The third-order valence-corrected chi connectivity index (χ3v) is 33.4. The summed E-state index contributed by atoms with van der Waals surface area (Å²) in [6, 6.07) is -0.915. The molecule has 1 rings (SSSR count). The zero-order valence-electron chi connectivity index (χ0n) is 44.6. The summed E-state index contributed by atoms with van der Waals surface area (Å²) in [6.45, 7) is 55.2. The van der Waals surface area contributed by atoms with Gasteiger partial charge < -0.3 is 38.1 Å². The van der Waals surface area contributed by atoms with E-state index in [1.165, 1.54) is 0 Å². The van der Waals surface area contributed by atoms with Gasteiger partial charge in [-0.1, -0.05) is 83.1 Å². The van der Waals surface area contributed by atoms with Crippen molar-refractivity contribution in [2.45, 2.75) is 232 Å². The van der Waals surface area contributed by atoms with Crippen LogP contribution in [0.5, 0.6) is 0 Å². The van der Waals surface area contributed by atoms with Gasteiger partial charge in [-0.05, 0) is 150 Å². The summed E-state index contributed by atoms with van der Waals surface area (Å²) < 4.78 is 26.0. The molecular weight excluding hydrogens is 841 g/mol. The van der Waals surface area contributed by atoms with E-state index in [0.29, 0.717) is 12.8 Å². The monoisotopic (exact) mass is 945 g/mol. The van der Waals surface area contributed by atoms with Gasteiger partial charge in [0.1, 0.15) is 12.1 Å². The van der Waals surface area contributed by atoms with Crippen LogP contribution in [0.25, 0.3) is 0 Å². The molecule has 1 aliphatic heterocycles. The van der Waals surface area contributed by atoms with Gasteiger partial charge in [-0.2, -0.15) is 0 Å². The normalized spacial score (nSPS) is 17.9. The SMILES string of the molecule is CC(C)(C)[Si](C)(C)OCCCN(CCCCC1NC(=O)C(CCCCN(CCCO[Si](C)(C)C(C)(C)C)CCCO[Si](C)(C)C(C)(C)C)NC1=O)CCCO[Si](C)(C)C(C)(C)C. The molecule has 62 heavy (non-hydrogen) atoms. The van der Waals surface area contributed by atoms with Gasteiger partial charge in [-0.15, -0.1) is 0 Å². The minimum atomic E-state index is -1.77. The lowest BCUT2D eigenvalue weighted by Crippen LogP contribution is -2.61. The number of hydrogen-bond acceptors (Lipinski definition) is 8. The summed E-state index contributed by atoms with van der Waals surface area (Å²) in [6.07, 6.45) is 9.10. The largest absolute Gasteiger partial charge is 0.417 e. The van der Waals surface area contributed by atoms with Crippen molar-refractivity contribution in [2.75, 3.05) is 65.7 Å². The van der Waals surface area contributed by atoms with E-state index in [-0.39, 0.29) is 32.0 Å². The van der Waals surface area contributed by atoms with E-state index in [9.17, 15) is 9.59 Å². The second-order valence-corrected chi connectivity index (χ2v) is 43.9. The van der Waals surface area contributed by atoms with E-state index in [0.717, 1.165) is 117 Å². The van der Waals surface area contributed by atoms with E-state index in [1.54, 1.807) is 0 Å². The van der Waals surface area contributed by atoms with Crippen molar-refractivity contribution in [3.05, 3.63) is 0 Å². The van der Waals surface area contributed by atoms with Crippen LogP contribution in [0.1, 0.15) is 147 Å². The molecule has 0 aromatic carbocycles. The van der Waals surface area contributed by atoms with E-state index >= 15 is 0 Å². The van der Waals surface area contributed by atoms with Crippen LogP contribution < -0.4 is 10.6 Å². The lowest BCUT2D eigenvalue weighted by Gasteiger charge is -2.36. The number of piperazine rings is 1. The van der Waals surface area contributed by atoms with Crippen molar-refractivity contribution in [2.24, 2.45) is 0 Å². The highest BCUT2D eigenvalue weighted by Gasteiger charge is 2.40. The zero-order valence-corrected chi connectivity index (χ0v) is 48.6. The molecule has 1 fully saturated rings. The number of nitrogens with zero attached hydrogens (tertiary/aromatic N) is 2. The minimum Gasteiger partial charge on any atom is -0.417 e. The molecule has 14 heteroatoms. The predicted molar refractivity (Wildman–Crippen MR) is 276 cm³/mol. The molecule has 0 aliphatic carbocycles. The maximum Gasteiger partial charge on any atom is 0.243 e. The Morgan fingerprint density at radius 1 is 0.387 bits per heavy atom. The molecule has 0 radical (unpaired) electrons. The lowest BCUT2D eigenvalue weighted by molar-refractivity contribution is -0.137. The molecule has 0 saturated carbocycles. The van der Waals surface area contributed by atoms with Gasteiger partial charge in [0, 0.05) is 52.6 Å². The first-order chi connectivity index (χ1) is 28.1. The Kier molecular flexibility index (Phi) is 24.6. The smallest absolute Gasteiger partial charge is 0.243 e. The molecule has 368 valence electrons. The first-order valence-electron chi connectivity index (χ1n) is 24.7. The van der Waals surface area contributed by atoms with Gasteiger partial charge in [0.25, 0.3) is 0 Å². The van der Waals surface area contributed by atoms with Crippen molar-refractivity contribution in [3.8, 4) is 0 Å². The molecule has 0 aromatic heterocycles. The van der Waals surface area contributed by atoms with Crippen LogP contribution in [0.2, 0.25) is 72.5 Å². The van der Waals surface area contributed by atoms with Crippen LogP contribution in [0.15, 0.2) is 0 Å². The topological polar surface area (TPSA) is 102 Å². The molecule has 0 spiro atoms. The molecule has 2 N–H and O–H groups in total. The van der Waals surface area contributed by atoms with Gasteiger partial charge in [-0.3, -0.25) is 9.59 Å². The van der Waals surface area contributed by atoms with Crippen LogP contribution in [-0.4, -0.2) is 133 Å². The number of hydrogen-bond donors (Lipinski definition) is 2. The Labute approximate surface area is 388 Å². The van der Waals surface area contributed by atoms with Crippen molar-refractivity contribution in [1.29, 1.82) is 0 Å². The molecule has 1 aliphatic rings. The maximum atomic E-state index is 13.2. The third-order valence-electron chi connectivity index (χ3n) is 15.3. The molecular formula is C48H104N4O6Si4. The van der Waals surface area contributed by atoms with Crippen LogP contribution in [0.3, 0.4) is 0 Å². The molecule has 2 amide bonds. The van der Waals surface area contributed by atoms with Crippen LogP contribution >= 0.6 is 0 Å². The Morgan fingerprint density at radius 3 is 0.806 bits per heavy atom. The lowest BCUT2D eigenvalue weighted by atomic mass is 10.0. The van der Waals surface area contributed by atoms with Gasteiger partial charge in [-0.25, -0.2) is 0 Å². The van der Waals surface area contributed by atoms with Crippen molar-refractivity contribution >= 4 is 45.1 Å². The van der Waals surface area contributed by atoms with Crippen LogP contribution in [0, 0.1) is 0 Å². The van der Waals surface area contributed by atoms with Crippen molar-refractivity contribution in [1.82, 2.24) is 20.4 Å². The zero-order chi connectivity index (χ0) is 47.8. The van der Waals surface area contributed by atoms with Crippen molar-refractivity contribution < 1.29 is 27.3 Å². The van der Waals surface area contributed by atoms with Gasteiger partial charge in [0.05, 0.1) is 0 Å². The predicted octanol–water partition coefficient (Wildman–Crippen LogP) is 11.6. The van der Waals surface area contributed by atoms with E-state index in [2.05, 4.69) is 156 Å². The number of rotatable bonds is 30. The fourth-order valence-electron chi connectivity index (χ4n) is 6.45. The maximum absolute atomic E-state index is 13.2. The molecule has 1 heterocycles. The Hall–Kier alpha value is -0.432. The summed E-state index contributed by atoms with van der Waals surface area (Å²) in [4.78, 5) is 31.6. The van der Waals surface area contributed by atoms with E-state index in [1.807, 2.05) is 0 Å². The minimum absolute atomic E-state index is 0.0397. The molecule has 2 unspecified atom stereocenters. The van der Waals surface area contributed by atoms with Gasteiger partial charge in [0.2, 0.25) is 11.8 Å². The number of amides is 2. The first kappa shape index (κ1) is 59.6. The number of unbranched alkanes of at least 4 members (excludes halogenated alkanes) is 2. The summed E-state index contributed by atoms with van der Waals surface area (Å²) in [7, 11) is -7.10. The fourth-order valence-corrected chi connectivity index (χ4v) is 10.8. The van der Waals surface area contributed by atoms with Crippen LogP contribution in [-0.2, 0) is 27.3 Å². The summed E-state index contributed by atoms with van der Waals surface area (Å²) in [5.74, 6) is -0.0794. The second-order valence-electron chi connectivity index (χ2n) is 24.6. The summed E-state index contributed by atoms with van der Waals surface area (Å²) in [5.41, 5.74) is 0. The number of carbonyl (C=O) groups excluding carboxylic acids is 2. The summed E-state index contributed by atoms with van der Waals surface area (Å²) >= 11 is 0. The van der Waals surface area contributed by atoms with Crippen LogP contribution in [0.4, 0.5) is 0 Å². The molecule has 2 atom stereocenters. The highest BCUT2D eigenvalue weighted by atomic mass is 28.4. The highest BCUT2D eigenvalue weighted by Crippen LogP contribution is 2.39. The third kappa shape index (κ3) is 21.5. The van der Waals surface area contributed by atoms with Gasteiger partial charge in [0.15, 0.2) is 33.3 Å². The number of carbonyl (C=O) groups is 2. The Bertz CT molecular complexity index is 1140. The fraction of sp³-hybridized carbons (Fsp3) is 0.958. The van der Waals surface area contributed by atoms with Gasteiger partial charge >= 0.3 is 0 Å². The summed E-state index contributed by atoms with van der Waals surface area (Å²) in [5, 5.41) is 6.99.